The number of benzene rings is 1. The fraction of sp³-hybridized carbons (Fsp3) is 0.300. The molecular weight excluding hydrogens is 429 g/mol. The molecule has 2 heterocycles. The average Bonchev–Trinajstić information content (AvgIpc) is 3.31. The Bertz CT molecular complexity index is 1050. The predicted molar refractivity (Wildman–Crippen MR) is 113 cm³/mol. The van der Waals surface area contributed by atoms with E-state index in [-0.39, 0.29) is 35.2 Å². The van der Waals surface area contributed by atoms with E-state index >= 15 is 0 Å². The van der Waals surface area contributed by atoms with Gasteiger partial charge in [0.2, 0.25) is 11.8 Å². The first-order valence-corrected chi connectivity index (χ1v) is 11.0. The highest BCUT2D eigenvalue weighted by Gasteiger charge is 2.23. The molecule has 0 aliphatic heterocycles. The van der Waals surface area contributed by atoms with Crippen LogP contribution in [0.3, 0.4) is 0 Å². The molecule has 0 saturated carbocycles. The fourth-order valence-electron chi connectivity index (χ4n) is 2.78. The number of aromatic nitrogens is 2. The molecule has 30 heavy (non-hydrogen) atoms. The van der Waals surface area contributed by atoms with Gasteiger partial charge in [0.1, 0.15) is 10.8 Å². The highest BCUT2D eigenvalue weighted by Crippen LogP contribution is 2.34. The van der Waals surface area contributed by atoms with Crippen molar-refractivity contribution in [3.8, 4) is 11.5 Å². The van der Waals surface area contributed by atoms with Gasteiger partial charge in [0, 0.05) is 10.4 Å². The van der Waals surface area contributed by atoms with Gasteiger partial charge in [-0.1, -0.05) is 18.7 Å². The number of nitrogens with one attached hydrogen (secondary N) is 1. The highest BCUT2D eigenvalue weighted by molar-refractivity contribution is 7.99. The molecule has 2 aromatic heterocycles. The first-order chi connectivity index (χ1) is 14.4. The molecule has 0 aliphatic rings. The highest BCUT2D eigenvalue weighted by atomic mass is 32.2. The van der Waals surface area contributed by atoms with E-state index < -0.39 is 5.97 Å². The smallest absolute Gasteiger partial charge is 0.341 e. The molecule has 0 unspecified atom stereocenters. The number of anilines is 1. The molecule has 0 bridgehead atoms. The van der Waals surface area contributed by atoms with E-state index in [2.05, 4.69) is 15.5 Å². The largest absolute Gasteiger partial charge is 0.462 e. The summed E-state index contributed by atoms with van der Waals surface area (Å²) in [6.07, 6.45) is 0.662. The van der Waals surface area contributed by atoms with E-state index in [0.717, 1.165) is 22.2 Å². The van der Waals surface area contributed by atoms with Crippen LogP contribution in [0.15, 0.2) is 33.9 Å². The second-order valence-corrected chi connectivity index (χ2v) is 8.28. The monoisotopic (exact) mass is 449 g/mol. The fourth-order valence-corrected chi connectivity index (χ4v) is 4.49. The average molecular weight is 450 g/mol. The minimum atomic E-state index is -0.442. The lowest BCUT2D eigenvalue weighted by atomic mass is 10.1. The summed E-state index contributed by atoms with van der Waals surface area (Å²) >= 11 is 2.42. The number of carbonyl (C=O) groups excluding carboxylic acids is 2. The van der Waals surface area contributed by atoms with Crippen LogP contribution in [0.1, 0.15) is 34.6 Å². The molecule has 0 radical (unpaired) electrons. The van der Waals surface area contributed by atoms with E-state index in [1.807, 2.05) is 13.8 Å². The van der Waals surface area contributed by atoms with E-state index in [1.54, 1.807) is 6.92 Å². The Labute approximate surface area is 181 Å². The molecule has 1 aromatic carbocycles. The zero-order valence-corrected chi connectivity index (χ0v) is 18.3. The summed E-state index contributed by atoms with van der Waals surface area (Å²) in [5.74, 6) is -0.852. The Morgan fingerprint density at radius 1 is 1.23 bits per heavy atom. The zero-order valence-electron chi connectivity index (χ0n) is 16.7. The summed E-state index contributed by atoms with van der Waals surface area (Å²) in [4.78, 5) is 25.7. The molecule has 10 heteroatoms. The number of thiophene rings is 1. The third-order valence-corrected chi connectivity index (χ3v) is 6.00. The van der Waals surface area contributed by atoms with Gasteiger partial charge < -0.3 is 14.5 Å². The molecule has 1 amide bonds. The predicted octanol–water partition coefficient (Wildman–Crippen LogP) is 4.72. The van der Waals surface area contributed by atoms with Crippen molar-refractivity contribution in [3.05, 3.63) is 46.1 Å². The van der Waals surface area contributed by atoms with Crippen LogP contribution in [0.5, 0.6) is 0 Å². The molecule has 3 aromatic rings. The van der Waals surface area contributed by atoms with Gasteiger partial charge in [0.15, 0.2) is 0 Å². The number of thioether (sulfide) groups is 1. The Kier molecular flexibility index (Phi) is 7.22. The number of ether oxygens (including phenoxy) is 1. The van der Waals surface area contributed by atoms with Crippen LogP contribution in [-0.2, 0) is 16.0 Å². The summed E-state index contributed by atoms with van der Waals surface area (Å²) in [5, 5.41) is 11.3. The van der Waals surface area contributed by atoms with Crippen LogP contribution in [0.4, 0.5) is 9.39 Å². The SMILES string of the molecule is CCOC(=O)c1c(NC(=O)CSc2nnc(-c3ccc(F)cc3)o2)sc(C)c1CC. The molecule has 0 atom stereocenters. The van der Waals surface area contributed by atoms with E-state index in [4.69, 9.17) is 9.15 Å². The van der Waals surface area contributed by atoms with Crippen molar-refractivity contribution in [1.29, 1.82) is 0 Å². The number of hydrogen-bond donors (Lipinski definition) is 1. The minimum absolute atomic E-state index is 0.0196. The summed E-state index contributed by atoms with van der Waals surface area (Å²) in [5.41, 5.74) is 1.87. The molecule has 3 rings (SSSR count). The van der Waals surface area contributed by atoms with E-state index in [1.165, 1.54) is 35.6 Å². The molecule has 0 fully saturated rings. The van der Waals surface area contributed by atoms with Crippen molar-refractivity contribution in [2.24, 2.45) is 0 Å². The van der Waals surface area contributed by atoms with Crippen molar-refractivity contribution in [3.63, 3.8) is 0 Å². The van der Waals surface area contributed by atoms with Crippen LogP contribution in [0.2, 0.25) is 0 Å². The Morgan fingerprint density at radius 2 is 1.97 bits per heavy atom. The topological polar surface area (TPSA) is 94.3 Å². The lowest BCUT2D eigenvalue weighted by Gasteiger charge is -2.07. The van der Waals surface area contributed by atoms with Crippen molar-refractivity contribution >= 4 is 40.0 Å². The summed E-state index contributed by atoms with van der Waals surface area (Å²) in [6, 6.07) is 5.67. The zero-order chi connectivity index (χ0) is 21.7. The van der Waals surface area contributed by atoms with Crippen molar-refractivity contribution in [1.82, 2.24) is 10.2 Å². The van der Waals surface area contributed by atoms with Crippen LogP contribution in [0.25, 0.3) is 11.5 Å². The van der Waals surface area contributed by atoms with Gasteiger partial charge in [-0.3, -0.25) is 4.79 Å². The number of rotatable bonds is 8. The third-order valence-electron chi connectivity index (χ3n) is 4.12. The molecule has 0 aliphatic carbocycles. The number of hydrogen-bond acceptors (Lipinski definition) is 8. The molecule has 1 N–H and O–H groups in total. The van der Waals surface area contributed by atoms with Gasteiger partial charge in [-0.25, -0.2) is 9.18 Å². The van der Waals surface area contributed by atoms with Crippen LogP contribution < -0.4 is 5.32 Å². The van der Waals surface area contributed by atoms with Gasteiger partial charge in [0.25, 0.3) is 5.22 Å². The van der Waals surface area contributed by atoms with Crippen molar-refractivity contribution in [2.75, 3.05) is 17.7 Å². The first-order valence-electron chi connectivity index (χ1n) is 9.24. The number of carbonyl (C=O) groups is 2. The molecule has 0 saturated heterocycles. The van der Waals surface area contributed by atoms with Gasteiger partial charge in [-0.15, -0.1) is 21.5 Å². The Morgan fingerprint density at radius 3 is 2.63 bits per heavy atom. The van der Waals surface area contributed by atoms with Crippen molar-refractivity contribution < 1.29 is 23.1 Å². The summed E-state index contributed by atoms with van der Waals surface area (Å²) < 4.78 is 23.7. The maximum absolute atomic E-state index is 13.0. The lowest BCUT2D eigenvalue weighted by molar-refractivity contribution is -0.113. The molecule has 7 nitrogen and oxygen atoms in total. The van der Waals surface area contributed by atoms with E-state index in [0.29, 0.717) is 22.5 Å². The van der Waals surface area contributed by atoms with E-state index in [9.17, 15) is 14.0 Å². The standard InChI is InChI=1S/C20H20FN3O4S2/c1-4-14-11(3)30-18(16(14)19(26)27-5-2)22-15(25)10-29-20-24-23-17(28-20)12-6-8-13(21)9-7-12/h6-9H,4-5,10H2,1-3H3,(H,22,25). The van der Waals surface area contributed by atoms with Gasteiger partial charge in [0.05, 0.1) is 17.9 Å². The number of aryl methyl sites for hydroxylation is 1. The number of esters is 1. The number of amides is 1. The number of halogens is 1. The maximum Gasteiger partial charge on any atom is 0.341 e. The van der Waals surface area contributed by atoms with Crippen molar-refractivity contribution in [2.45, 2.75) is 32.4 Å². The third kappa shape index (κ3) is 5.06. The molecular formula is C20H20FN3O4S2. The van der Waals surface area contributed by atoms with Crippen LogP contribution in [-0.4, -0.2) is 34.4 Å². The second kappa shape index (κ2) is 9.86. The second-order valence-electron chi connectivity index (χ2n) is 6.13. The van der Waals surface area contributed by atoms with Crippen LogP contribution in [0, 0.1) is 12.7 Å². The quantitative estimate of drug-likeness (QED) is 0.393. The normalized spacial score (nSPS) is 10.8. The molecule has 0 spiro atoms. The minimum Gasteiger partial charge on any atom is -0.462 e. The Hall–Kier alpha value is -2.72. The van der Waals surface area contributed by atoms with Gasteiger partial charge in [-0.2, -0.15) is 0 Å². The summed E-state index contributed by atoms with van der Waals surface area (Å²) in [6.45, 7) is 5.86. The summed E-state index contributed by atoms with van der Waals surface area (Å²) in [7, 11) is 0. The number of nitrogens with zero attached hydrogens (tertiary/aromatic N) is 2. The van der Waals surface area contributed by atoms with Gasteiger partial charge >= 0.3 is 5.97 Å². The molecule has 158 valence electrons. The first kappa shape index (κ1) is 22.0. The van der Waals surface area contributed by atoms with Crippen LogP contribution >= 0.6 is 23.1 Å². The maximum atomic E-state index is 13.0. The van der Waals surface area contributed by atoms with Gasteiger partial charge in [-0.05, 0) is 50.1 Å². The Balaban J connectivity index is 1.65. The lowest BCUT2D eigenvalue weighted by Crippen LogP contribution is -2.16.